The molecule has 3 N–H and O–H groups in total. The highest BCUT2D eigenvalue weighted by Crippen LogP contribution is 2.17. The largest absolute Gasteiger partial charge is 0.480 e. The lowest BCUT2D eigenvalue weighted by Gasteiger charge is -2.22. The van der Waals surface area contributed by atoms with Gasteiger partial charge in [0.1, 0.15) is 10.00 Å². The van der Waals surface area contributed by atoms with Crippen molar-refractivity contribution in [3.8, 4) is 0 Å². The van der Waals surface area contributed by atoms with Crippen molar-refractivity contribution < 1.29 is 23.7 Å². The van der Waals surface area contributed by atoms with Crippen LogP contribution in [0.5, 0.6) is 0 Å². The van der Waals surface area contributed by atoms with Crippen LogP contribution in [-0.4, -0.2) is 43.8 Å². The van der Waals surface area contributed by atoms with Gasteiger partial charge in [0.05, 0.1) is 10.8 Å². The van der Waals surface area contributed by atoms with E-state index in [-0.39, 0.29) is 0 Å². The van der Waals surface area contributed by atoms with Gasteiger partial charge in [0.2, 0.25) is 5.91 Å². The standard InChI is InChI=1S/C10H18N2O5S/c1-5-11-9(16)12-7(13)6(2)18(17)10(3,4)8(14)15/h6H,5H2,1-4H3,(H,14,15)(H2,11,12,13,16). The predicted molar refractivity (Wildman–Crippen MR) is 66.5 cm³/mol. The number of imide groups is 1. The number of hydrogen-bond donors (Lipinski definition) is 3. The zero-order valence-corrected chi connectivity index (χ0v) is 11.6. The number of amides is 3. The van der Waals surface area contributed by atoms with Crippen LogP contribution in [0.25, 0.3) is 0 Å². The number of carbonyl (C=O) groups is 3. The molecule has 0 aliphatic carbocycles. The van der Waals surface area contributed by atoms with Crippen LogP contribution in [0.4, 0.5) is 4.79 Å². The minimum absolute atomic E-state index is 0.344. The first-order valence-electron chi connectivity index (χ1n) is 5.37. The molecule has 8 heteroatoms. The number of carboxylic acids is 1. The summed E-state index contributed by atoms with van der Waals surface area (Å²) in [6.45, 7) is 5.87. The van der Waals surface area contributed by atoms with E-state index in [0.717, 1.165) is 0 Å². The van der Waals surface area contributed by atoms with Gasteiger partial charge in [0, 0.05) is 6.54 Å². The van der Waals surface area contributed by atoms with Crippen molar-refractivity contribution in [1.82, 2.24) is 10.6 Å². The zero-order valence-electron chi connectivity index (χ0n) is 10.8. The Hall–Kier alpha value is -1.44. The van der Waals surface area contributed by atoms with Crippen LogP contribution >= 0.6 is 0 Å². The average Bonchev–Trinajstić information content (AvgIpc) is 2.26. The maximum Gasteiger partial charge on any atom is 0.321 e. The minimum Gasteiger partial charge on any atom is -0.480 e. The lowest BCUT2D eigenvalue weighted by Crippen LogP contribution is -2.49. The second kappa shape index (κ2) is 6.48. The third kappa shape index (κ3) is 4.10. The summed E-state index contributed by atoms with van der Waals surface area (Å²) in [5, 5.41) is 12.1. The van der Waals surface area contributed by atoms with Gasteiger partial charge in [-0.1, -0.05) is 0 Å². The van der Waals surface area contributed by atoms with Crippen molar-refractivity contribution in [2.75, 3.05) is 6.54 Å². The van der Waals surface area contributed by atoms with Gasteiger partial charge in [-0.25, -0.2) is 4.79 Å². The van der Waals surface area contributed by atoms with Crippen molar-refractivity contribution in [2.45, 2.75) is 37.7 Å². The highest BCUT2D eigenvalue weighted by molar-refractivity contribution is 7.88. The Bertz CT molecular complexity index is 380. The van der Waals surface area contributed by atoms with E-state index < -0.39 is 38.7 Å². The molecule has 0 saturated carbocycles. The molecule has 0 aromatic heterocycles. The van der Waals surface area contributed by atoms with Gasteiger partial charge in [-0.3, -0.25) is 19.1 Å². The Labute approximate surface area is 108 Å². The molecule has 0 aliphatic heterocycles. The average molecular weight is 278 g/mol. The van der Waals surface area contributed by atoms with E-state index in [1.165, 1.54) is 20.8 Å². The van der Waals surface area contributed by atoms with Crippen LogP contribution in [0, 0.1) is 0 Å². The van der Waals surface area contributed by atoms with Crippen LogP contribution in [-0.2, 0) is 20.4 Å². The summed E-state index contributed by atoms with van der Waals surface area (Å²) in [7, 11) is -1.95. The molecule has 18 heavy (non-hydrogen) atoms. The summed E-state index contributed by atoms with van der Waals surface area (Å²) in [4.78, 5) is 33.6. The molecule has 2 atom stereocenters. The van der Waals surface area contributed by atoms with Crippen LogP contribution in [0.15, 0.2) is 0 Å². The van der Waals surface area contributed by atoms with Crippen LogP contribution in [0.3, 0.4) is 0 Å². The van der Waals surface area contributed by atoms with E-state index in [1.807, 2.05) is 5.32 Å². The molecule has 0 fully saturated rings. The molecule has 0 aromatic carbocycles. The molecule has 7 nitrogen and oxygen atoms in total. The van der Waals surface area contributed by atoms with Gasteiger partial charge in [-0.05, 0) is 27.7 Å². The molecule has 104 valence electrons. The maximum atomic E-state index is 11.9. The molecule has 0 rings (SSSR count). The van der Waals surface area contributed by atoms with Gasteiger partial charge in [0.15, 0.2) is 0 Å². The molecule has 0 radical (unpaired) electrons. The Kier molecular flexibility index (Phi) is 5.96. The van der Waals surface area contributed by atoms with Crippen LogP contribution in [0.1, 0.15) is 27.7 Å². The highest BCUT2D eigenvalue weighted by atomic mass is 32.2. The smallest absolute Gasteiger partial charge is 0.321 e. The molecule has 0 heterocycles. The van der Waals surface area contributed by atoms with E-state index in [4.69, 9.17) is 5.11 Å². The molecule has 0 aliphatic rings. The van der Waals surface area contributed by atoms with Crippen molar-refractivity contribution in [3.63, 3.8) is 0 Å². The number of rotatable bonds is 5. The summed E-state index contributed by atoms with van der Waals surface area (Å²) in [5.41, 5.74) is 0. The summed E-state index contributed by atoms with van der Waals surface area (Å²) < 4.78 is 10.4. The number of carboxylic acid groups (broad SMARTS) is 1. The number of aliphatic carboxylic acids is 1. The van der Waals surface area contributed by atoms with Gasteiger partial charge in [0.25, 0.3) is 0 Å². The Morgan fingerprint density at radius 2 is 1.83 bits per heavy atom. The minimum atomic E-state index is -1.95. The quantitative estimate of drug-likeness (QED) is 0.646. The Morgan fingerprint density at radius 1 is 1.33 bits per heavy atom. The summed E-state index contributed by atoms with van der Waals surface area (Å²) in [6, 6.07) is -0.695. The fourth-order valence-corrected chi connectivity index (χ4v) is 2.35. The molecule has 0 aromatic rings. The number of urea groups is 1. The van der Waals surface area contributed by atoms with E-state index in [1.54, 1.807) is 6.92 Å². The normalized spacial score (nSPS) is 14.4. The van der Waals surface area contributed by atoms with Crippen molar-refractivity contribution in [2.24, 2.45) is 0 Å². The third-order valence-electron chi connectivity index (χ3n) is 2.28. The van der Waals surface area contributed by atoms with Gasteiger partial charge in [-0.2, -0.15) is 0 Å². The maximum absolute atomic E-state index is 11.9. The van der Waals surface area contributed by atoms with Crippen molar-refractivity contribution >= 4 is 28.7 Å². The first kappa shape index (κ1) is 16.6. The van der Waals surface area contributed by atoms with Crippen molar-refractivity contribution in [1.29, 1.82) is 0 Å². The monoisotopic (exact) mass is 278 g/mol. The van der Waals surface area contributed by atoms with E-state index in [2.05, 4.69) is 5.32 Å². The molecule has 3 amide bonds. The lowest BCUT2D eigenvalue weighted by molar-refractivity contribution is -0.139. The molecule has 2 unspecified atom stereocenters. The number of nitrogens with one attached hydrogen (secondary N) is 2. The zero-order chi connectivity index (χ0) is 14.5. The fraction of sp³-hybridized carbons (Fsp3) is 0.700. The SMILES string of the molecule is CCNC(=O)NC(=O)C(C)S(=O)C(C)(C)C(=O)O. The molecular formula is C10H18N2O5S. The summed E-state index contributed by atoms with van der Waals surface area (Å²) in [5.74, 6) is -2.04. The number of hydrogen-bond acceptors (Lipinski definition) is 4. The van der Waals surface area contributed by atoms with Gasteiger partial charge in [-0.15, -0.1) is 0 Å². The first-order chi connectivity index (χ1) is 8.14. The Morgan fingerprint density at radius 3 is 2.22 bits per heavy atom. The molecular weight excluding hydrogens is 260 g/mol. The Balaban J connectivity index is 4.70. The number of carbonyl (C=O) groups excluding carboxylic acids is 2. The van der Waals surface area contributed by atoms with Gasteiger partial charge >= 0.3 is 12.0 Å². The summed E-state index contributed by atoms with van der Waals surface area (Å²) in [6.07, 6.45) is 0. The van der Waals surface area contributed by atoms with Crippen molar-refractivity contribution in [3.05, 3.63) is 0 Å². The van der Waals surface area contributed by atoms with E-state index >= 15 is 0 Å². The third-order valence-corrected chi connectivity index (χ3v) is 4.32. The first-order valence-corrected chi connectivity index (χ1v) is 6.58. The predicted octanol–water partition coefficient (Wildman–Crippen LogP) is -0.167. The fourth-order valence-electron chi connectivity index (χ4n) is 1.04. The second-order valence-electron chi connectivity index (χ2n) is 4.10. The topological polar surface area (TPSA) is 113 Å². The molecule has 0 bridgehead atoms. The van der Waals surface area contributed by atoms with E-state index in [9.17, 15) is 18.6 Å². The lowest BCUT2D eigenvalue weighted by atomic mass is 10.2. The molecule has 0 spiro atoms. The molecule has 0 saturated heterocycles. The second-order valence-corrected chi connectivity index (χ2v) is 6.43. The summed E-state index contributed by atoms with van der Waals surface area (Å²) >= 11 is 0. The van der Waals surface area contributed by atoms with Crippen LogP contribution in [0.2, 0.25) is 0 Å². The highest BCUT2D eigenvalue weighted by Gasteiger charge is 2.40. The van der Waals surface area contributed by atoms with Gasteiger partial charge < -0.3 is 10.4 Å². The van der Waals surface area contributed by atoms with Crippen LogP contribution < -0.4 is 10.6 Å². The van der Waals surface area contributed by atoms with E-state index in [0.29, 0.717) is 6.54 Å².